The van der Waals surface area contributed by atoms with Crippen LogP contribution in [0.15, 0.2) is 0 Å². The lowest BCUT2D eigenvalue weighted by molar-refractivity contribution is 0.0259. The monoisotopic (exact) mass is 285 g/mol. The molecule has 0 aromatic rings. The molecule has 1 fully saturated rings. The van der Waals surface area contributed by atoms with Crippen LogP contribution in [0, 0.1) is 0 Å². The van der Waals surface area contributed by atoms with E-state index in [2.05, 4.69) is 17.3 Å². The summed E-state index contributed by atoms with van der Waals surface area (Å²) in [7, 11) is 2.16. The number of likely N-dealkylation sites (tertiary alicyclic amines) is 1. The number of amides is 1. The molecule has 20 heavy (non-hydrogen) atoms. The largest absolute Gasteiger partial charge is 0.444 e. The van der Waals surface area contributed by atoms with E-state index in [0.717, 1.165) is 13.1 Å². The molecule has 5 heteroatoms. The average Bonchev–Trinajstić information content (AvgIpc) is 2.32. The van der Waals surface area contributed by atoms with Crippen LogP contribution in [0.2, 0.25) is 0 Å². The molecule has 1 saturated heterocycles. The Hall–Kier alpha value is -0.810. The first-order valence-corrected chi connectivity index (χ1v) is 7.71. The zero-order valence-corrected chi connectivity index (χ0v) is 13.7. The van der Waals surface area contributed by atoms with Crippen LogP contribution in [0.3, 0.4) is 0 Å². The summed E-state index contributed by atoms with van der Waals surface area (Å²) in [5.74, 6) is 0. The number of likely N-dealkylation sites (N-methyl/N-ethyl adjacent to an activating group) is 2. The molecule has 1 aliphatic rings. The van der Waals surface area contributed by atoms with E-state index in [9.17, 15) is 4.79 Å². The molecule has 1 heterocycles. The Kier molecular flexibility index (Phi) is 6.76. The van der Waals surface area contributed by atoms with E-state index in [0.29, 0.717) is 19.1 Å². The Balaban J connectivity index is 2.28. The SMILES string of the molecule is CCN(CCNC1CCCN(C)C1)C(=O)OC(C)(C)C. The first-order valence-electron chi connectivity index (χ1n) is 7.71. The topological polar surface area (TPSA) is 44.8 Å². The van der Waals surface area contributed by atoms with Crippen molar-refractivity contribution in [3.8, 4) is 0 Å². The predicted octanol–water partition coefficient (Wildman–Crippen LogP) is 1.93. The molecule has 0 aromatic carbocycles. The second-order valence-electron chi connectivity index (χ2n) is 6.62. The normalized spacial score (nSPS) is 20.8. The highest BCUT2D eigenvalue weighted by molar-refractivity contribution is 5.68. The Labute approximate surface area is 123 Å². The fraction of sp³-hybridized carbons (Fsp3) is 0.933. The van der Waals surface area contributed by atoms with Crippen LogP contribution in [0.5, 0.6) is 0 Å². The second kappa shape index (κ2) is 7.84. The summed E-state index contributed by atoms with van der Waals surface area (Å²) in [6.45, 7) is 12.2. The summed E-state index contributed by atoms with van der Waals surface area (Å²) in [4.78, 5) is 16.1. The molecule has 0 aliphatic carbocycles. The molecule has 1 amide bonds. The number of carbonyl (C=O) groups is 1. The van der Waals surface area contributed by atoms with Gasteiger partial charge in [-0.2, -0.15) is 0 Å². The van der Waals surface area contributed by atoms with Crippen molar-refractivity contribution in [3.63, 3.8) is 0 Å². The molecule has 0 spiro atoms. The van der Waals surface area contributed by atoms with E-state index < -0.39 is 5.60 Å². The number of nitrogens with one attached hydrogen (secondary N) is 1. The quantitative estimate of drug-likeness (QED) is 0.838. The molecule has 5 nitrogen and oxygen atoms in total. The molecule has 1 atom stereocenters. The van der Waals surface area contributed by atoms with E-state index in [-0.39, 0.29) is 6.09 Å². The van der Waals surface area contributed by atoms with Gasteiger partial charge in [-0.3, -0.25) is 0 Å². The van der Waals surface area contributed by atoms with Crippen molar-refractivity contribution in [2.45, 2.75) is 52.2 Å². The summed E-state index contributed by atoms with van der Waals surface area (Å²) in [5.41, 5.74) is -0.427. The van der Waals surface area contributed by atoms with Crippen LogP contribution >= 0.6 is 0 Å². The van der Waals surface area contributed by atoms with Crippen molar-refractivity contribution in [1.29, 1.82) is 0 Å². The van der Waals surface area contributed by atoms with Gasteiger partial charge in [0.2, 0.25) is 0 Å². The highest BCUT2D eigenvalue weighted by atomic mass is 16.6. The van der Waals surface area contributed by atoms with Crippen LogP contribution in [0.25, 0.3) is 0 Å². The summed E-state index contributed by atoms with van der Waals surface area (Å²) >= 11 is 0. The van der Waals surface area contributed by atoms with Crippen molar-refractivity contribution in [3.05, 3.63) is 0 Å². The highest BCUT2D eigenvalue weighted by Crippen LogP contribution is 2.10. The third-order valence-corrected chi connectivity index (χ3v) is 3.47. The van der Waals surface area contributed by atoms with Gasteiger partial charge in [-0.1, -0.05) is 0 Å². The third-order valence-electron chi connectivity index (χ3n) is 3.47. The third kappa shape index (κ3) is 6.57. The Bertz CT molecular complexity index is 302. The fourth-order valence-electron chi connectivity index (χ4n) is 2.44. The molecule has 0 aromatic heterocycles. The number of carbonyl (C=O) groups excluding carboxylic acids is 1. The number of rotatable bonds is 5. The minimum Gasteiger partial charge on any atom is -0.444 e. The zero-order chi connectivity index (χ0) is 15.2. The lowest BCUT2D eigenvalue weighted by atomic mass is 10.1. The molecule has 1 unspecified atom stereocenters. The number of hydrogen-bond acceptors (Lipinski definition) is 4. The van der Waals surface area contributed by atoms with Gasteiger partial charge in [0.15, 0.2) is 0 Å². The smallest absolute Gasteiger partial charge is 0.410 e. The van der Waals surface area contributed by atoms with Crippen molar-refractivity contribution < 1.29 is 9.53 Å². The van der Waals surface area contributed by atoms with E-state index in [1.165, 1.54) is 19.4 Å². The van der Waals surface area contributed by atoms with Crippen molar-refractivity contribution in [2.75, 3.05) is 39.8 Å². The Morgan fingerprint density at radius 3 is 2.70 bits per heavy atom. The Morgan fingerprint density at radius 2 is 2.15 bits per heavy atom. The molecule has 118 valence electrons. The number of nitrogens with zero attached hydrogens (tertiary/aromatic N) is 2. The molecule has 1 rings (SSSR count). The van der Waals surface area contributed by atoms with Crippen LogP contribution in [0.4, 0.5) is 4.79 Å². The lowest BCUT2D eigenvalue weighted by Crippen LogP contribution is -2.47. The van der Waals surface area contributed by atoms with Gasteiger partial charge in [-0.15, -0.1) is 0 Å². The van der Waals surface area contributed by atoms with Crippen molar-refractivity contribution >= 4 is 6.09 Å². The maximum absolute atomic E-state index is 12.0. The minimum atomic E-state index is -0.427. The predicted molar refractivity (Wildman–Crippen MR) is 82.0 cm³/mol. The van der Waals surface area contributed by atoms with E-state index in [1.54, 1.807) is 4.90 Å². The van der Waals surface area contributed by atoms with Crippen LogP contribution in [-0.2, 0) is 4.74 Å². The van der Waals surface area contributed by atoms with Gasteiger partial charge in [0.1, 0.15) is 5.60 Å². The molecular weight excluding hydrogens is 254 g/mol. The standard InChI is InChI=1S/C15H31N3O2/c1-6-18(14(19)20-15(2,3)4)11-9-16-13-8-7-10-17(5)12-13/h13,16H,6-12H2,1-5H3. The first-order chi connectivity index (χ1) is 9.31. The summed E-state index contributed by atoms with van der Waals surface area (Å²) in [6.07, 6.45) is 2.25. The van der Waals surface area contributed by atoms with Gasteiger partial charge in [0.05, 0.1) is 0 Å². The van der Waals surface area contributed by atoms with Crippen LogP contribution < -0.4 is 5.32 Å². The van der Waals surface area contributed by atoms with E-state index in [4.69, 9.17) is 4.74 Å². The van der Waals surface area contributed by atoms with E-state index in [1.807, 2.05) is 27.7 Å². The van der Waals surface area contributed by atoms with Gasteiger partial charge in [-0.25, -0.2) is 4.79 Å². The molecular formula is C15H31N3O2. The maximum Gasteiger partial charge on any atom is 0.410 e. The minimum absolute atomic E-state index is 0.220. The number of hydrogen-bond donors (Lipinski definition) is 1. The number of piperidine rings is 1. The average molecular weight is 285 g/mol. The maximum atomic E-state index is 12.0. The van der Waals surface area contributed by atoms with Crippen LogP contribution in [-0.4, -0.2) is 67.3 Å². The molecule has 0 radical (unpaired) electrons. The summed E-state index contributed by atoms with van der Waals surface area (Å²) in [6, 6.07) is 0.547. The highest BCUT2D eigenvalue weighted by Gasteiger charge is 2.21. The van der Waals surface area contributed by atoms with Crippen molar-refractivity contribution in [2.24, 2.45) is 0 Å². The van der Waals surface area contributed by atoms with Crippen molar-refractivity contribution in [1.82, 2.24) is 15.1 Å². The molecule has 0 saturated carbocycles. The van der Waals surface area contributed by atoms with Gasteiger partial charge in [0, 0.05) is 32.2 Å². The first kappa shape index (κ1) is 17.2. The zero-order valence-electron chi connectivity index (χ0n) is 13.7. The van der Waals surface area contributed by atoms with Gasteiger partial charge >= 0.3 is 6.09 Å². The molecule has 1 N–H and O–H groups in total. The molecule has 0 bridgehead atoms. The second-order valence-corrected chi connectivity index (χ2v) is 6.62. The fourth-order valence-corrected chi connectivity index (χ4v) is 2.44. The lowest BCUT2D eigenvalue weighted by Gasteiger charge is -2.31. The number of ether oxygens (including phenoxy) is 1. The van der Waals surface area contributed by atoms with Gasteiger partial charge in [0.25, 0.3) is 0 Å². The van der Waals surface area contributed by atoms with Gasteiger partial charge < -0.3 is 19.9 Å². The summed E-state index contributed by atoms with van der Waals surface area (Å²) < 4.78 is 5.40. The molecule has 1 aliphatic heterocycles. The van der Waals surface area contributed by atoms with Crippen LogP contribution in [0.1, 0.15) is 40.5 Å². The van der Waals surface area contributed by atoms with Gasteiger partial charge in [-0.05, 0) is 54.1 Å². The van der Waals surface area contributed by atoms with E-state index >= 15 is 0 Å². The Morgan fingerprint density at radius 1 is 1.45 bits per heavy atom. The summed E-state index contributed by atoms with van der Waals surface area (Å²) in [5, 5.41) is 3.54.